The van der Waals surface area contributed by atoms with Gasteiger partial charge in [0, 0.05) is 18.7 Å². The zero-order valence-corrected chi connectivity index (χ0v) is 12.1. The molecule has 0 aromatic heterocycles. The lowest BCUT2D eigenvalue weighted by atomic mass is 10.0. The van der Waals surface area contributed by atoms with Crippen molar-refractivity contribution >= 4 is 5.69 Å². The van der Waals surface area contributed by atoms with E-state index in [4.69, 9.17) is 0 Å². The number of benzene rings is 1. The van der Waals surface area contributed by atoms with E-state index in [0.29, 0.717) is 18.2 Å². The van der Waals surface area contributed by atoms with Crippen LogP contribution in [-0.2, 0) is 6.42 Å². The number of hydrogen-bond donors (Lipinski definition) is 3. The summed E-state index contributed by atoms with van der Waals surface area (Å²) in [5.41, 5.74) is 4.16. The van der Waals surface area contributed by atoms with Crippen molar-refractivity contribution in [3.8, 4) is 0 Å². The molecule has 0 saturated heterocycles. The summed E-state index contributed by atoms with van der Waals surface area (Å²) < 4.78 is 0. The lowest BCUT2D eigenvalue weighted by Crippen LogP contribution is -2.54. The molecule has 0 fully saturated rings. The predicted octanol–water partition coefficient (Wildman–Crippen LogP) is 3.52. The normalized spacial score (nSPS) is 11.1. The molecule has 1 aromatic rings. The first kappa shape index (κ1) is 17.1. The van der Waals surface area contributed by atoms with Gasteiger partial charge in [0.1, 0.15) is 0 Å². The molecule has 0 unspecified atom stereocenters. The van der Waals surface area contributed by atoms with E-state index in [1.807, 2.05) is 32.9 Å². The Kier molecular flexibility index (Phi) is 7.78. The molecular weight excluding hydrogens is 228 g/mol. The van der Waals surface area contributed by atoms with Crippen molar-refractivity contribution in [3.63, 3.8) is 0 Å². The molecule has 0 aliphatic rings. The van der Waals surface area contributed by atoms with Crippen LogP contribution in [0.3, 0.4) is 0 Å². The molecule has 1 rings (SSSR count). The summed E-state index contributed by atoms with van der Waals surface area (Å²) in [6.45, 7) is 10.6. The minimum absolute atomic E-state index is 0.411. The summed E-state index contributed by atoms with van der Waals surface area (Å²) in [6, 6.07) is 7.29. The highest BCUT2D eigenvalue weighted by Gasteiger charge is 2.25. The van der Waals surface area contributed by atoms with E-state index in [-0.39, 0.29) is 0 Å². The lowest BCUT2D eigenvalue weighted by Gasteiger charge is -2.19. The van der Waals surface area contributed by atoms with Gasteiger partial charge < -0.3 is 0 Å². The molecule has 1 aromatic carbocycles. The fraction of sp³-hybridized carbons (Fsp3) is 0.571. The average Bonchev–Trinajstić information content (AvgIpc) is 2.31. The zero-order valence-electron chi connectivity index (χ0n) is 12.1. The summed E-state index contributed by atoms with van der Waals surface area (Å²) in [5, 5.41) is 19.3. The summed E-state index contributed by atoms with van der Waals surface area (Å²) in [6.07, 6.45) is 0.998. The van der Waals surface area contributed by atoms with Crippen LogP contribution in [0.2, 0.25) is 0 Å². The fourth-order valence-electron chi connectivity index (χ4n) is 1.62. The molecule has 0 saturated carbocycles. The maximum absolute atomic E-state index is 9.64. The smallest absolute Gasteiger partial charge is 0.155 e. The SMILES string of the molecule is CC.CCN[N+](O)(O)c1ccc(CC(C)C)cc1. The van der Waals surface area contributed by atoms with Gasteiger partial charge in [0.15, 0.2) is 0 Å². The van der Waals surface area contributed by atoms with Crippen LogP contribution in [0.4, 0.5) is 5.69 Å². The summed E-state index contributed by atoms with van der Waals surface area (Å²) in [5.74, 6) is 0.599. The summed E-state index contributed by atoms with van der Waals surface area (Å²) >= 11 is 0. The Morgan fingerprint density at radius 2 is 1.61 bits per heavy atom. The third-order valence-electron chi connectivity index (χ3n) is 2.32. The molecule has 3 N–H and O–H groups in total. The highest BCUT2D eigenvalue weighted by Crippen LogP contribution is 2.18. The lowest BCUT2D eigenvalue weighted by molar-refractivity contribution is -0.324. The zero-order chi connectivity index (χ0) is 14.2. The van der Waals surface area contributed by atoms with Gasteiger partial charge in [0.25, 0.3) is 0 Å². The number of nitrogens with one attached hydrogen (secondary N) is 1. The molecule has 0 amide bonds. The Balaban J connectivity index is 0.00000137. The Morgan fingerprint density at radius 3 is 2.00 bits per heavy atom. The highest BCUT2D eigenvalue weighted by atomic mass is 16.9. The van der Waals surface area contributed by atoms with Gasteiger partial charge >= 0.3 is 0 Å². The van der Waals surface area contributed by atoms with Gasteiger partial charge in [-0.15, -0.1) is 0 Å². The first-order valence-electron chi connectivity index (χ1n) is 6.65. The van der Waals surface area contributed by atoms with E-state index in [9.17, 15) is 10.4 Å². The van der Waals surface area contributed by atoms with Crippen LogP contribution in [0.1, 0.15) is 40.2 Å². The second-order valence-electron chi connectivity index (χ2n) is 4.38. The third kappa shape index (κ3) is 5.60. The van der Waals surface area contributed by atoms with Crippen molar-refractivity contribution < 1.29 is 10.4 Å². The molecule has 0 aliphatic heterocycles. The Bertz CT molecular complexity index is 321. The van der Waals surface area contributed by atoms with E-state index >= 15 is 0 Å². The molecule has 0 spiro atoms. The van der Waals surface area contributed by atoms with Crippen molar-refractivity contribution in [2.24, 2.45) is 5.92 Å². The van der Waals surface area contributed by atoms with E-state index in [1.54, 1.807) is 12.1 Å². The van der Waals surface area contributed by atoms with Crippen molar-refractivity contribution in [3.05, 3.63) is 29.8 Å². The molecule has 0 aliphatic carbocycles. The molecule has 104 valence electrons. The van der Waals surface area contributed by atoms with Gasteiger partial charge in [-0.3, -0.25) is 0 Å². The minimum Gasteiger partial charge on any atom is -0.155 e. The standard InChI is InChI=1S/C12H21N2O2.C2H6/c1-4-13-14(15,16)12-7-5-11(6-8-12)9-10(2)3;1-2/h5-8,10,13,15-16H,4,9H2,1-3H3;1-2H3/q+1;. The average molecular weight is 255 g/mol. The molecule has 0 radical (unpaired) electrons. The van der Waals surface area contributed by atoms with Crippen LogP contribution in [0, 0.1) is 5.92 Å². The quantitative estimate of drug-likeness (QED) is 0.557. The largest absolute Gasteiger partial charge is 0.221 e. The molecule has 4 nitrogen and oxygen atoms in total. The molecule has 0 atom stereocenters. The van der Waals surface area contributed by atoms with E-state index in [0.717, 1.165) is 6.42 Å². The topological polar surface area (TPSA) is 52.5 Å². The minimum atomic E-state index is -1.27. The maximum atomic E-state index is 9.64. The first-order chi connectivity index (χ1) is 8.45. The Hall–Kier alpha value is -0.940. The van der Waals surface area contributed by atoms with Crippen LogP contribution in [0.15, 0.2) is 24.3 Å². The van der Waals surface area contributed by atoms with E-state index in [2.05, 4.69) is 19.3 Å². The molecule has 4 heteroatoms. The first-order valence-corrected chi connectivity index (χ1v) is 6.65. The van der Waals surface area contributed by atoms with Gasteiger partial charge in [0.05, 0.1) is 4.92 Å². The maximum Gasteiger partial charge on any atom is 0.221 e. The third-order valence-corrected chi connectivity index (χ3v) is 2.32. The number of hydrogen-bond acceptors (Lipinski definition) is 3. The monoisotopic (exact) mass is 255 g/mol. The second kappa shape index (κ2) is 8.21. The Labute approximate surface area is 110 Å². The van der Waals surface area contributed by atoms with Crippen molar-refractivity contribution in [1.82, 2.24) is 10.3 Å². The predicted molar refractivity (Wildman–Crippen MR) is 75.4 cm³/mol. The number of nitrogens with zero attached hydrogens (tertiary/aromatic N) is 1. The van der Waals surface area contributed by atoms with E-state index < -0.39 is 4.92 Å². The molecular formula is C14H27N2O2+. The molecule has 0 bridgehead atoms. The van der Waals surface area contributed by atoms with Crippen LogP contribution in [0.5, 0.6) is 0 Å². The van der Waals surface area contributed by atoms with Gasteiger partial charge in [0.2, 0.25) is 5.69 Å². The Morgan fingerprint density at radius 1 is 1.11 bits per heavy atom. The van der Waals surface area contributed by atoms with Gasteiger partial charge in [-0.25, -0.2) is 0 Å². The van der Waals surface area contributed by atoms with Crippen molar-refractivity contribution in [1.29, 1.82) is 0 Å². The number of quaternary nitrogens is 1. The molecule has 18 heavy (non-hydrogen) atoms. The van der Waals surface area contributed by atoms with Crippen LogP contribution in [0.25, 0.3) is 0 Å². The number of rotatable bonds is 5. The van der Waals surface area contributed by atoms with Crippen molar-refractivity contribution in [2.45, 2.75) is 41.0 Å². The van der Waals surface area contributed by atoms with Gasteiger partial charge in [-0.2, -0.15) is 10.4 Å². The highest BCUT2D eigenvalue weighted by molar-refractivity contribution is 5.40. The van der Waals surface area contributed by atoms with E-state index in [1.165, 1.54) is 5.56 Å². The van der Waals surface area contributed by atoms with Gasteiger partial charge in [-0.05, 0) is 24.8 Å². The fourth-order valence-corrected chi connectivity index (χ4v) is 1.62. The molecule has 0 heterocycles. The summed E-state index contributed by atoms with van der Waals surface area (Å²) in [4.78, 5) is -1.27. The van der Waals surface area contributed by atoms with Crippen LogP contribution >= 0.6 is 0 Å². The van der Waals surface area contributed by atoms with Crippen LogP contribution in [-0.4, -0.2) is 17.0 Å². The second-order valence-corrected chi connectivity index (χ2v) is 4.38. The summed E-state index contributed by atoms with van der Waals surface area (Å²) in [7, 11) is 0. The van der Waals surface area contributed by atoms with Crippen molar-refractivity contribution in [2.75, 3.05) is 6.54 Å². The van der Waals surface area contributed by atoms with Gasteiger partial charge in [-0.1, -0.05) is 45.3 Å². The van der Waals surface area contributed by atoms with Crippen LogP contribution < -0.4 is 10.3 Å².